The summed E-state index contributed by atoms with van der Waals surface area (Å²) in [5.74, 6) is -3.99. The normalized spacial score (nSPS) is 15.2. The fourth-order valence-electron chi connectivity index (χ4n) is 5.06. The van der Waals surface area contributed by atoms with Crippen LogP contribution in [-0.4, -0.2) is 47.5 Å². The van der Waals surface area contributed by atoms with Gasteiger partial charge in [-0.1, -0.05) is 35.3 Å². The maximum atomic E-state index is 15.1. The van der Waals surface area contributed by atoms with Crippen LogP contribution in [0.2, 0.25) is 10.0 Å². The van der Waals surface area contributed by atoms with Crippen molar-refractivity contribution in [2.75, 3.05) is 24.5 Å². The molecular formula is C29H30Cl2F4N4O. The van der Waals surface area contributed by atoms with Gasteiger partial charge in [0.05, 0.1) is 21.3 Å². The van der Waals surface area contributed by atoms with E-state index < -0.39 is 23.3 Å². The van der Waals surface area contributed by atoms with Gasteiger partial charge in [-0.15, -0.1) is 0 Å². The summed E-state index contributed by atoms with van der Waals surface area (Å²) >= 11 is 12.1. The molecule has 4 rings (SSSR count). The maximum Gasteiger partial charge on any atom is 0.254 e. The average Bonchev–Trinajstić information content (AvgIpc) is 2.93. The number of hydrogen-bond donors (Lipinski definition) is 1. The van der Waals surface area contributed by atoms with Crippen molar-refractivity contribution in [2.24, 2.45) is 0 Å². The number of aromatic nitrogens is 1. The van der Waals surface area contributed by atoms with Gasteiger partial charge >= 0.3 is 0 Å². The summed E-state index contributed by atoms with van der Waals surface area (Å²) in [5, 5.41) is 3.19. The van der Waals surface area contributed by atoms with Gasteiger partial charge in [0, 0.05) is 62.3 Å². The third-order valence-corrected chi connectivity index (χ3v) is 7.98. The van der Waals surface area contributed by atoms with Crippen molar-refractivity contribution in [3.05, 3.63) is 92.7 Å². The standard InChI is InChI=1S/C29H30Cl2F4N4O/c1-17(6-9-37-29(40)26-22(30)14-36-15-23(26)31)38-10-7-21(8-11-38)39(16-19-4-3-5-20(32)12-19)25-13-24(33)18(2)27(34)28(25)35/h3-5,12-15,17,21H,6-11,16H2,1-2H3,(H,37,40). The first-order valence-corrected chi connectivity index (χ1v) is 13.8. The molecule has 0 radical (unpaired) electrons. The van der Waals surface area contributed by atoms with E-state index in [-0.39, 0.29) is 51.4 Å². The van der Waals surface area contributed by atoms with Crippen LogP contribution >= 0.6 is 23.2 Å². The van der Waals surface area contributed by atoms with E-state index in [4.69, 9.17) is 23.2 Å². The van der Waals surface area contributed by atoms with Crippen LogP contribution in [0.4, 0.5) is 23.2 Å². The maximum absolute atomic E-state index is 15.1. The largest absolute Gasteiger partial charge is 0.362 e. The number of anilines is 1. The molecule has 1 N–H and O–H groups in total. The van der Waals surface area contributed by atoms with Gasteiger partial charge < -0.3 is 15.1 Å². The molecule has 2 heterocycles. The van der Waals surface area contributed by atoms with E-state index >= 15 is 4.39 Å². The molecule has 1 saturated heterocycles. The Labute approximate surface area is 241 Å². The van der Waals surface area contributed by atoms with Gasteiger partial charge in [0.25, 0.3) is 5.91 Å². The second-order valence-electron chi connectivity index (χ2n) is 10.0. The van der Waals surface area contributed by atoms with Crippen molar-refractivity contribution in [1.29, 1.82) is 0 Å². The molecule has 1 atom stereocenters. The molecule has 214 valence electrons. The Kier molecular flexibility index (Phi) is 9.92. The first kappa shape index (κ1) is 30.1. The molecule has 0 aliphatic carbocycles. The zero-order chi connectivity index (χ0) is 29.0. The summed E-state index contributed by atoms with van der Waals surface area (Å²) in [6.07, 6.45) is 4.58. The number of benzene rings is 2. The molecule has 0 spiro atoms. The number of carbonyl (C=O) groups is 1. The Morgan fingerprint density at radius 1 is 1.10 bits per heavy atom. The smallest absolute Gasteiger partial charge is 0.254 e. The van der Waals surface area contributed by atoms with Crippen LogP contribution in [0.25, 0.3) is 0 Å². The predicted octanol–water partition coefficient (Wildman–Crippen LogP) is 6.93. The molecule has 2 aromatic carbocycles. The molecule has 1 aliphatic heterocycles. The Morgan fingerprint density at radius 3 is 2.42 bits per heavy atom. The van der Waals surface area contributed by atoms with Crippen LogP contribution in [0.15, 0.2) is 42.7 Å². The van der Waals surface area contributed by atoms with Crippen LogP contribution in [0.3, 0.4) is 0 Å². The summed E-state index contributed by atoms with van der Waals surface area (Å²) in [6.45, 7) is 5.04. The molecular weight excluding hydrogens is 567 g/mol. The fraction of sp³-hybridized carbons (Fsp3) is 0.379. The number of nitrogens with zero attached hydrogens (tertiary/aromatic N) is 3. The Bertz CT molecular complexity index is 1350. The molecule has 5 nitrogen and oxygen atoms in total. The number of hydrogen-bond acceptors (Lipinski definition) is 4. The minimum atomic E-state index is -1.22. The van der Waals surface area contributed by atoms with Crippen LogP contribution in [0, 0.1) is 30.2 Å². The van der Waals surface area contributed by atoms with Gasteiger partial charge in [0.2, 0.25) is 0 Å². The number of piperidine rings is 1. The minimum absolute atomic E-state index is 0.100. The lowest BCUT2D eigenvalue weighted by molar-refractivity contribution is 0.0945. The molecule has 40 heavy (non-hydrogen) atoms. The zero-order valence-electron chi connectivity index (χ0n) is 22.2. The van der Waals surface area contributed by atoms with Crippen LogP contribution in [-0.2, 0) is 6.54 Å². The minimum Gasteiger partial charge on any atom is -0.362 e. The molecule has 1 fully saturated rings. The van der Waals surface area contributed by atoms with Crippen molar-refractivity contribution in [3.63, 3.8) is 0 Å². The van der Waals surface area contributed by atoms with E-state index in [0.717, 1.165) is 6.07 Å². The lowest BCUT2D eigenvalue weighted by Crippen LogP contribution is -2.48. The van der Waals surface area contributed by atoms with E-state index in [1.165, 1.54) is 31.5 Å². The van der Waals surface area contributed by atoms with Crippen molar-refractivity contribution >= 4 is 34.8 Å². The van der Waals surface area contributed by atoms with Gasteiger partial charge in [0.1, 0.15) is 11.6 Å². The summed E-state index contributed by atoms with van der Waals surface area (Å²) < 4.78 is 58.0. The third kappa shape index (κ3) is 6.87. The summed E-state index contributed by atoms with van der Waals surface area (Å²) in [5.41, 5.74) is 0.201. The lowest BCUT2D eigenvalue weighted by Gasteiger charge is -2.42. The number of halogens is 6. The molecule has 1 aliphatic rings. The molecule has 0 saturated carbocycles. The number of nitrogens with one attached hydrogen (secondary N) is 1. The number of amides is 1. The van der Waals surface area contributed by atoms with Gasteiger partial charge in [-0.25, -0.2) is 17.6 Å². The molecule has 1 amide bonds. The highest BCUT2D eigenvalue weighted by atomic mass is 35.5. The number of likely N-dealkylation sites (tertiary alicyclic amines) is 1. The summed E-state index contributed by atoms with van der Waals surface area (Å²) in [6, 6.07) is 6.81. The van der Waals surface area contributed by atoms with Crippen molar-refractivity contribution in [1.82, 2.24) is 15.2 Å². The van der Waals surface area contributed by atoms with Crippen LogP contribution in [0.5, 0.6) is 0 Å². The second kappa shape index (κ2) is 13.2. The van der Waals surface area contributed by atoms with Crippen LogP contribution in [0.1, 0.15) is 47.7 Å². The number of carbonyl (C=O) groups excluding carboxylic acids is 1. The van der Waals surface area contributed by atoms with Crippen LogP contribution < -0.4 is 10.2 Å². The second-order valence-corrected chi connectivity index (χ2v) is 10.8. The molecule has 1 aromatic heterocycles. The topological polar surface area (TPSA) is 48.5 Å². The fourth-order valence-corrected chi connectivity index (χ4v) is 5.59. The zero-order valence-corrected chi connectivity index (χ0v) is 23.7. The third-order valence-electron chi connectivity index (χ3n) is 7.41. The molecule has 11 heteroatoms. The molecule has 3 aromatic rings. The van der Waals surface area contributed by atoms with E-state index in [0.29, 0.717) is 44.5 Å². The first-order chi connectivity index (χ1) is 19.1. The molecule has 0 bridgehead atoms. The van der Waals surface area contributed by atoms with Gasteiger partial charge in [-0.05, 0) is 50.8 Å². The summed E-state index contributed by atoms with van der Waals surface area (Å²) in [4.78, 5) is 20.3. The summed E-state index contributed by atoms with van der Waals surface area (Å²) in [7, 11) is 0. The Hall–Kier alpha value is -2.88. The number of pyridine rings is 1. The van der Waals surface area contributed by atoms with E-state index in [1.807, 2.05) is 6.92 Å². The molecule has 1 unspecified atom stereocenters. The van der Waals surface area contributed by atoms with E-state index in [9.17, 15) is 18.0 Å². The van der Waals surface area contributed by atoms with E-state index in [2.05, 4.69) is 15.2 Å². The Balaban J connectivity index is 1.41. The Morgan fingerprint density at radius 2 is 1.77 bits per heavy atom. The van der Waals surface area contributed by atoms with Crippen molar-refractivity contribution in [2.45, 2.75) is 51.7 Å². The van der Waals surface area contributed by atoms with Gasteiger partial charge in [-0.3, -0.25) is 9.78 Å². The van der Waals surface area contributed by atoms with Gasteiger partial charge in [-0.2, -0.15) is 0 Å². The van der Waals surface area contributed by atoms with Crippen molar-refractivity contribution < 1.29 is 22.4 Å². The van der Waals surface area contributed by atoms with Crippen molar-refractivity contribution in [3.8, 4) is 0 Å². The highest BCUT2D eigenvalue weighted by Crippen LogP contribution is 2.32. The van der Waals surface area contributed by atoms with E-state index in [1.54, 1.807) is 17.0 Å². The first-order valence-electron chi connectivity index (χ1n) is 13.0. The average molecular weight is 597 g/mol. The predicted molar refractivity (Wildman–Crippen MR) is 149 cm³/mol. The SMILES string of the molecule is Cc1c(F)cc(N(Cc2cccc(F)c2)C2CCN(C(C)CCNC(=O)c3c(Cl)cncc3Cl)CC2)c(F)c1F. The highest BCUT2D eigenvalue weighted by molar-refractivity contribution is 6.39. The highest BCUT2D eigenvalue weighted by Gasteiger charge is 2.30. The number of rotatable bonds is 9. The monoisotopic (exact) mass is 596 g/mol. The van der Waals surface area contributed by atoms with Gasteiger partial charge in [0.15, 0.2) is 11.6 Å². The quantitative estimate of drug-likeness (QED) is 0.215. The lowest BCUT2D eigenvalue weighted by atomic mass is 9.98.